The van der Waals surface area contributed by atoms with Crippen molar-refractivity contribution in [1.29, 1.82) is 0 Å². The van der Waals surface area contributed by atoms with E-state index in [1.807, 2.05) is 0 Å². The number of hydrogen-bond donors (Lipinski definition) is 0. The second-order valence-corrected chi connectivity index (χ2v) is 2.93. The van der Waals surface area contributed by atoms with E-state index in [-0.39, 0.29) is 0 Å². The maximum atomic E-state index is 12.8. The largest absolute Gasteiger partial charge is 0.462 e. The van der Waals surface area contributed by atoms with E-state index < -0.39 is 29.6 Å². The van der Waals surface area contributed by atoms with Gasteiger partial charge in [-0.1, -0.05) is 12.1 Å². The summed E-state index contributed by atoms with van der Waals surface area (Å²) in [6, 6.07) is 3.77. The highest BCUT2D eigenvalue weighted by Gasteiger charge is 2.62. The standard InChI is InChI=1S/C9H4F7N/c10-5-3-1-2-4-6(5)17-7(11)8(12,13)9(14,15)16/h1-4H. The minimum atomic E-state index is -6.12. The predicted octanol–water partition coefficient (Wildman–Crippen LogP) is 4.02. The Labute approximate surface area is 90.6 Å². The van der Waals surface area contributed by atoms with Crippen LogP contribution in [0.5, 0.6) is 0 Å². The first-order chi connectivity index (χ1) is 7.66. The van der Waals surface area contributed by atoms with Gasteiger partial charge in [-0.15, -0.1) is 0 Å². The monoisotopic (exact) mass is 259 g/mol. The van der Waals surface area contributed by atoms with E-state index in [2.05, 4.69) is 4.99 Å². The molecule has 0 unspecified atom stereocenters. The quantitative estimate of drug-likeness (QED) is 0.561. The van der Waals surface area contributed by atoms with Gasteiger partial charge in [0, 0.05) is 0 Å². The Hall–Kier alpha value is -1.60. The molecule has 8 heteroatoms. The Kier molecular flexibility index (Phi) is 3.44. The van der Waals surface area contributed by atoms with Crippen molar-refractivity contribution in [2.24, 2.45) is 4.99 Å². The van der Waals surface area contributed by atoms with E-state index >= 15 is 0 Å². The number of alkyl halides is 5. The van der Waals surface area contributed by atoms with Crippen molar-refractivity contribution in [1.82, 2.24) is 0 Å². The van der Waals surface area contributed by atoms with Gasteiger partial charge in [0.2, 0.25) is 0 Å². The number of para-hydroxylation sites is 1. The molecule has 0 radical (unpaired) electrons. The Morgan fingerprint density at radius 2 is 1.53 bits per heavy atom. The molecule has 0 heterocycles. The molecule has 1 nitrogen and oxygen atoms in total. The minimum Gasteiger partial charge on any atom is -0.215 e. The van der Waals surface area contributed by atoms with Gasteiger partial charge in [0.15, 0.2) is 0 Å². The third-order valence-corrected chi connectivity index (χ3v) is 1.69. The summed E-state index contributed by atoms with van der Waals surface area (Å²) in [5.41, 5.74) is -0.936. The number of halogens is 7. The van der Waals surface area contributed by atoms with Crippen molar-refractivity contribution >= 4 is 11.7 Å². The summed E-state index contributed by atoms with van der Waals surface area (Å²) in [7, 11) is 0. The lowest BCUT2D eigenvalue weighted by Crippen LogP contribution is -2.42. The van der Waals surface area contributed by atoms with Gasteiger partial charge >= 0.3 is 12.1 Å². The lowest BCUT2D eigenvalue weighted by atomic mass is 10.3. The van der Waals surface area contributed by atoms with E-state index in [1.165, 1.54) is 0 Å². The summed E-state index contributed by atoms with van der Waals surface area (Å²) >= 11 is 0. The number of rotatable bonds is 2. The number of benzene rings is 1. The first-order valence-electron chi connectivity index (χ1n) is 4.10. The molecule has 0 aliphatic carbocycles. The molecule has 0 fully saturated rings. The first kappa shape index (κ1) is 13.5. The van der Waals surface area contributed by atoms with E-state index in [9.17, 15) is 30.7 Å². The normalized spacial score (nSPS) is 13.9. The van der Waals surface area contributed by atoms with E-state index in [0.717, 1.165) is 24.3 Å². The second-order valence-electron chi connectivity index (χ2n) is 2.93. The second kappa shape index (κ2) is 4.34. The Morgan fingerprint density at radius 1 is 1.00 bits per heavy atom. The average molecular weight is 259 g/mol. The summed E-state index contributed by atoms with van der Waals surface area (Å²) in [6.45, 7) is 0. The highest BCUT2D eigenvalue weighted by atomic mass is 19.4. The molecular weight excluding hydrogens is 255 g/mol. The molecular formula is C9H4F7N. The fraction of sp³-hybridized carbons (Fsp3) is 0.222. The van der Waals surface area contributed by atoms with Crippen LogP contribution in [0, 0.1) is 5.82 Å². The highest BCUT2D eigenvalue weighted by Crippen LogP contribution is 2.38. The van der Waals surface area contributed by atoms with Crippen molar-refractivity contribution in [3.05, 3.63) is 30.1 Å². The van der Waals surface area contributed by atoms with Gasteiger partial charge in [0.1, 0.15) is 11.5 Å². The van der Waals surface area contributed by atoms with Crippen molar-refractivity contribution in [3.63, 3.8) is 0 Å². The summed E-state index contributed by atoms with van der Waals surface area (Å²) in [6.07, 6.45) is -6.12. The van der Waals surface area contributed by atoms with Crippen LogP contribution >= 0.6 is 0 Å². The molecule has 0 atom stereocenters. The molecule has 0 bridgehead atoms. The third kappa shape index (κ3) is 2.75. The van der Waals surface area contributed by atoms with Gasteiger partial charge in [-0.25, -0.2) is 9.38 Å². The van der Waals surface area contributed by atoms with Crippen molar-refractivity contribution < 1.29 is 30.7 Å². The van der Waals surface area contributed by atoms with Gasteiger partial charge < -0.3 is 0 Å². The number of nitrogens with zero attached hydrogens (tertiary/aromatic N) is 1. The topological polar surface area (TPSA) is 12.4 Å². The van der Waals surface area contributed by atoms with Gasteiger partial charge in [-0.2, -0.15) is 26.3 Å². The maximum absolute atomic E-state index is 12.8. The SMILES string of the molecule is FC(=Nc1ccccc1F)C(F)(F)C(F)(F)F. The minimum absolute atomic E-state index is 0.748. The summed E-state index contributed by atoms with van der Waals surface area (Å²) < 4.78 is 85.4. The summed E-state index contributed by atoms with van der Waals surface area (Å²) in [5, 5.41) is 0. The lowest BCUT2D eigenvalue weighted by Gasteiger charge is -2.16. The lowest BCUT2D eigenvalue weighted by molar-refractivity contribution is -0.252. The molecule has 0 amide bonds. The van der Waals surface area contributed by atoms with Crippen LogP contribution in [-0.4, -0.2) is 18.1 Å². The Bertz CT molecular complexity index is 435. The van der Waals surface area contributed by atoms with Crippen LogP contribution in [0.3, 0.4) is 0 Å². The average Bonchev–Trinajstić information content (AvgIpc) is 2.19. The summed E-state index contributed by atoms with van der Waals surface area (Å²) in [5.74, 6) is -9.95. The molecule has 0 aromatic heterocycles. The molecule has 17 heavy (non-hydrogen) atoms. The predicted molar refractivity (Wildman–Crippen MR) is 45.6 cm³/mol. The van der Waals surface area contributed by atoms with E-state index in [1.54, 1.807) is 0 Å². The van der Waals surface area contributed by atoms with E-state index in [4.69, 9.17) is 0 Å². The van der Waals surface area contributed by atoms with Gasteiger partial charge in [-0.3, -0.25) is 0 Å². The first-order valence-corrected chi connectivity index (χ1v) is 4.10. The van der Waals surface area contributed by atoms with Crippen LogP contribution in [0.25, 0.3) is 0 Å². The Balaban J connectivity index is 3.14. The maximum Gasteiger partial charge on any atom is 0.462 e. The van der Waals surface area contributed by atoms with Crippen LogP contribution in [-0.2, 0) is 0 Å². The molecule has 94 valence electrons. The van der Waals surface area contributed by atoms with Crippen molar-refractivity contribution in [3.8, 4) is 0 Å². The van der Waals surface area contributed by atoms with Crippen molar-refractivity contribution in [2.75, 3.05) is 0 Å². The zero-order valence-electron chi connectivity index (χ0n) is 7.90. The third-order valence-electron chi connectivity index (χ3n) is 1.69. The van der Waals surface area contributed by atoms with Gasteiger partial charge in [0.25, 0.3) is 5.97 Å². The van der Waals surface area contributed by atoms with Crippen LogP contribution in [0.2, 0.25) is 0 Å². The molecule has 0 saturated heterocycles. The molecule has 0 spiro atoms. The van der Waals surface area contributed by atoms with E-state index in [0.29, 0.717) is 0 Å². The smallest absolute Gasteiger partial charge is 0.215 e. The van der Waals surface area contributed by atoms with Crippen molar-refractivity contribution in [2.45, 2.75) is 12.1 Å². The molecule has 0 N–H and O–H groups in total. The highest BCUT2D eigenvalue weighted by molar-refractivity contribution is 5.85. The number of hydrogen-bond acceptors (Lipinski definition) is 1. The van der Waals surface area contributed by atoms with Gasteiger partial charge in [0.05, 0.1) is 0 Å². The molecule has 0 aliphatic rings. The molecule has 0 saturated carbocycles. The zero-order chi connectivity index (χ0) is 13.3. The number of aliphatic imine (C=N–C) groups is 1. The van der Waals surface area contributed by atoms with Crippen LogP contribution in [0.4, 0.5) is 36.4 Å². The van der Waals surface area contributed by atoms with Crippen LogP contribution in [0.1, 0.15) is 0 Å². The molecule has 0 aliphatic heterocycles. The van der Waals surface area contributed by atoms with Crippen LogP contribution < -0.4 is 0 Å². The molecule has 1 aromatic rings. The fourth-order valence-electron chi connectivity index (χ4n) is 0.835. The zero-order valence-corrected chi connectivity index (χ0v) is 7.90. The molecule has 1 rings (SSSR count). The fourth-order valence-corrected chi connectivity index (χ4v) is 0.835. The van der Waals surface area contributed by atoms with Gasteiger partial charge in [-0.05, 0) is 12.1 Å². The Morgan fingerprint density at radius 3 is 2.00 bits per heavy atom. The summed E-state index contributed by atoms with van der Waals surface area (Å²) in [4.78, 5) is 2.30. The molecule has 1 aromatic carbocycles. The van der Waals surface area contributed by atoms with Crippen LogP contribution in [0.15, 0.2) is 29.3 Å².